The van der Waals surface area contributed by atoms with Crippen molar-refractivity contribution >= 4 is 5.84 Å². The summed E-state index contributed by atoms with van der Waals surface area (Å²) >= 11 is 0. The van der Waals surface area contributed by atoms with Gasteiger partial charge < -0.3 is 21.0 Å². The Hall–Kier alpha value is -0.810. The summed E-state index contributed by atoms with van der Waals surface area (Å²) in [7, 11) is 0. The Morgan fingerprint density at radius 2 is 2.29 bits per heavy atom. The van der Waals surface area contributed by atoms with E-state index in [4.69, 9.17) is 15.7 Å². The second-order valence-corrected chi connectivity index (χ2v) is 2.99. The first kappa shape index (κ1) is 13.2. The summed E-state index contributed by atoms with van der Waals surface area (Å²) in [6.07, 6.45) is 1.74. The Balaban J connectivity index is 3.53. The molecule has 0 saturated heterocycles. The highest BCUT2D eigenvalue weighted by Gasteiger charge is 2.09. The molecule has 5 nitrogen and oxygen atoms in total. The average Bonchev–Trinajstić information content (AvgIpc) is 2.22. The number of amidine groups is 1. The molecule has 14 heavy (non-hydrogen) atoms. The van der Waals surface area contributed by atoms with Crippen molar-refractivity contribution in [2.24, 2.45) is 10.9 Å². The van der Waals surface area contributed by atoms with Gasteiger partial charge in [0.15, 0.2) is 5.84 Å². The van der Waals surface area contributed by atoms with Crippen LogP contribution in [-0.4, -0.2) is 36.8 Å². The molecule has 0 aromatic heterocycles. The van der Waals surface area contributed by atoms with E-state index in [2.05, 4.69) is 10.5 Å². The number of hydrogen-bond acceptors (Lipinski definition) is 4. The molecule has 0 aliphatic carbocycles. The van der Waals surface area contributed by atoms with Crippen LogP contribution in [0.25, 0.3) is 0 Å². The molecule has 0 radical (unpaired) electrons. The summed E-state index contributed by atoms with van der Waals surface area (Å²) in [5, 5.41) is 14.6. The molecule has 0 aromatic rings. The van der Waals surface area contributed by atoms with Gasteiger partial charge in [-0.15, -0.1) is 0 Å². The molecule has 0 bridgehead atoms. The van der Waals surface area contributed by atoms with E-state index in [0.29, 0.717) is 0 Å². The maximum atomic E-state index is 8.48. The Morgan fingerprint density at radius 1 is 1.57 bits per heavy atom. The lowest BCUT2D eigenvalue weighted by Crippen LogP contribution is -2.41. The van der Waals surface area contributed by atoms with Gasteiger partial charge in [0.1, 0.15) is 0 Å². The van der Waals surface area contributed by atoms with Crippen molar-refractivity contribution in [2.45, 2.75) is 32.7 Å². The van der Waals surface area contributed by atoms with Crippen LogP contribution in [0.4, 0.5) is 0 Å². The van der Waals surface area contributed by atoms with Crippen molar-refractivity contribution in [3.05, 3.63) is 0 Å². The van der Waals surface area contributed by atoms with Gasteiger partial charge in [0.2, 0.25) is 0 Å². The van der Waals surface area contributed by atoms with E-state index < -0.39 is 0 Å². The molecule has 1 unspecified atom stereocenters. The van der Waals surface area contributed by atoms with Crippen molar-refractivity contribution < 1.29 is 9.94 Å². The van der Waals surface area contributed by atoms with Crippen LogP contribution < -0.4 is 11.1 Å². The zero-order valence-corrected chi connectivity index (χ0v) is 8.99. The van der Waals surface area contributed by atoms with Crippen LogP contribution in [0.15, 0.2) is 5.16 Å². The van der Waals surface area contributed by atoms with Gasteiger partial charge in [0.25, 0.3) is 0 Å². The quantitative estimate of drug-likeness (QED) is 0.177. The summed E-state index contributed by atoms with van der Waals surface area (Å²) in [6, 6.07) is -0.0402. The molecule has 0 fully saturated rings. The highest BCUT2D eigenvalue weighted by Crippen LogP contribution is 1.91. The lowest BCUT2D eigenvalue weighted by Gasteiger charge is -2.14. The van der Waals surface area contributed by atoms with Crippen LogP contribution in [0.2, 0.25) is 0 Å². The van der Waals surface area contributed by atoms with Crippen molar-refractivity contribution in [1.82, 2.24) is 5.32 Å². The first-order chi connectivity index (χ1) is 6.76. The first-order valence-corrected chi connectivity index (χ1v) is 5.04. The standard InChI is InChI=1S/C9H21N3O2/c1-3-8(9(10)12-13)11-6-5-7-14-4-2/h8,11,13H,3-7H2,1-2H3,(H2,10,12). The molecule has 5 heteroatoms. The monoisotopic (exact) mass is 203 g/mol. The maximum absolute atomic E-state index is 8.48. The number of nitrogens with two attached hydrogens (primary N) is 1. The van der Waals surface area contributed by atoms with Gasteiger partial charge in [-0.1, -0.05) is 12.1 Å². The lowest BCUT2D eigenvalue weighted by molar-refractivity contribution is 0.144. The fourth-order valence-corrected chi connectivity index (χ4v) is 1.12. The first-order valence-electron chi connectivity index (χ1n) is 5.04. The maximum Gasteiger partial charge on any atom is 0.156 e. The van der Waals surface area contributed by atoms with Crippen molar-refractivity contribution in [3.8, 4) is 0 Å². The molecule has 4 N–H and O–H groups in total. The van der Waals surface area contributed by atoms with Gasteiger partial charge in [-0.2, -0.15) is 0 Å². The Labute approximate surface area is 85.3 Å². The summed E-state index contributed by atoms with van der Waals surface area (Å²) in [5.41, 5.74) is 5.47. The number of nitrogens with one attached hydrogen (secondary N) is 1. The second kappa shape index (κ2) is 8.77. The second-order valence-electron chi connectivity index (χ2n) is 2.99. The van der Waals surface area contributed by atoms with Crippen LogP contribution in [-0.2, 0) is 4.74 Å². The minimum atomic E-state index is -0.0402. The third-order valence-electron chi connectivity index (χ3n) is 1.94. The fraction of sp³-hybridized carbons (Fsp3) is 0.889. The number of nitrogens with zero attached hydrogens (tertiary/aromatic N) is 1. The van der Waals surface area contributed by atoms with Crippen LogP contribution in [0.5, 0.6) is 0 Å². The van der Waals surface area contributed by atoms with Crippen LogP contribution >= 0.6 is 0 Å². The Kier molecular flexibility index (Phi) is 8.27. The molecule has 0 aliphatic rings. The van der Waals surface area contributed by atoms with E-state index in [0.717, 1.165) is 32.6 Å². The summed E-state index contributed by atoms with van der Waals surface area (Å²) < 4.78 is 5.18. The van der Waals surface area contributed by atoms with Gasteiger partial charge >= 0.3 is 0 Å². The average molecular weight is 203 g/mol. The van der Waals surface area contributed by atoms with E-state index in [9.17, 15) is 0 Å². The van der Waals surface area contributed by atoms with E-state index in [1.54, 1.807) is 0 Å². The van der Waals surface area contributed by atoms with Gasteiger partial charge in [0, 0.05) is 13.2 Å². The molecule has 0 aliphatic heterocycles. The predicted molar refractivity (Wildman–Crippen MR) is 56.6 cm³/mol. The highest BCUT2D eigenvalue weighted by molar-refractivity contribution is 5.85. The van der Waals surface area contributed by atoms with Gasteiger partial charge in [0.05, 0.1) is 6.04 Å². The topological polar surface area (TPSA) is 79.9 Å². The summed E-state index contributed by atoms with van der Waals surface area (Å²) in [5.74, 6) is 0.240. The zero-order chi connectivity index (χ0) is 10.8. The Bertz CT molecular complexity index is 162. The largest absolute Gasteiger partial charge is 0.409 e. The van der Waals surface area contributed by atoms with Crippen LogP contribution in [0.1, 0.15) is 26.7 Å². The fourth-order valence-electron chi connectivity index (χ4n) is 1.12. The minimum Gasteiger partial charge on any atom is -0.409 e. The number of rotatable bonds is 8. The summed E-state index contributed by atoms with van der Waals surface area (Å²) in [4.78, 5) is 0. The highest BCUT2D eigenvalue weighted by atomic mass is 16.5. The summed E-state index contributed by atoms with van der Waals surface area (Å²) in [6.45, 7) is 6.26. The predicted octanol–water partition coefficient (Wildman–Crippen LogP) is 0.528. The number of hydrogen-bond donors (Lipinski definition) is 3. The molecular weight excluding hydrogens is 182 g/mol. The molecule has 0 saturated carbocycles. The molecule has 1 atom stereocenters. The van der Waals surface area contributed by atoms with Crippen LogP contribution in [0.3, 0.4) is 0 Å². The Morgan fingerprint density at radius 3 is 2.79 bits per heavy atom. The van der Waals surface area contributed by atoms with Crippen molar-refractivity contribution in [1.29, 1.82) is 0 Å². The molecule has 0 aromatic carbocycles. The molecule has 0 heterocycles. The molecule has 0 rings (SSSR count). The normalized spacial score (nSPS) is 14.3. The van der Waals surface area contributed by atoms with Gasteiger partial charge in [-0.25, -0.2) is 0 Å². The molecule has 0 amide bonds. The third kappa shape index (κ3) is 5.77. The number of oxime groups is 1. The van der Waals surface area contributed by atoms with E-state index in [-0.39, 0.29) is 11.9 Å². The van der Waals surface area contributed by atoms with Crippen molar-refractivity contribution in [3.63, 3.8) is 0 Å². The van der Waals surface area contributed by atoms with Crippen LogP contribution in [0, 0.1) is 0 Å². The minimum absolute atomic E-state index is 0.0402. The molecule has 0 spiro atoms. The van der Waals surface area contributed by atoms with E-state index >= 15 is 0 Å². The molecular formula is C9H21N3O2. The van der Waals surface area contributed by atoms with Gasteiger partial charge in [-0.3, -0.25) is 0 Å². The number of ether oxygens (including phenoxy) is 1. The molecule has 84 valence electrons. The third-order valence-corrected chi connectivity index (χ3v) is 1.94. The SMILES string of the molecule is CCOCCCNC(CC)C(N)=NO. The van der Waals surface area contributed by atoms with E-state index in [1.807, 2.05) is 13.8 Å². The van der Waals surface area contributed by atoms with E-state index in [1.165, 1.54) is 0 Å². The van der Waals surface area contributed by atoms with Crippen molar-refractivity contribution in [2.75, 3.05) is 19.8 Å². The zero-order valence-electron chi connectivity index (χ0n) is 8.99. The van der Waals surface area contributed by atoms with Gasteiger partial charge in [-0.05, 0) is 26.3 Å². The smallest absolute Gasteiger partial charge is 0.156 e. The lowest BCUT2D eigenvalue weighted by atomic mass is 10.2.